The molecule has 0 atom stereocenters. The number of rotatable bonds is 5. The van der Waals surface area contributed by atoms with Crippen LogP contribution in [0.2, 0.25) is 0 Å². The highest BCUT2D eigenvalue weighted by atomic mass is 32.2. The maximum absolute atomic E-state index is 13.2. The summed E-state index contributed by atoms with van der Waals surface area (Å²) in [5.41, 5.74) is 0. The minimum absolute atomic E-state index is 0.00808. The zero-order chi connectivity index (χ0) is 22.8. The lowest BCUT2D eigenvalue weighted by Crippen LogP contribution is -2.50. The minimum Gasteiger partial charge on any atom is -0.339 e. The van der Waals surface area contributed by atoms with Crippen molar-refractivity contribution in [2.24, 2.45) is 0 Å². The molecular weight excluding hydrogens is 458 g/mol. The molecule has 33 heavy (non-hydrogen) atoms. The smallest absolute Gasteiger partial charge is 0.243 e. The second-order valence-corrected chi connectivity index (χ2v) is 11.3. The van der Waals surface area contributed by atoms with Gasteiger partial charge in [-0.1, -0.05) is 48.5 Å². The van der Waals surface area contributed by atoms with Gasteiger partial charge in [0.1, 0.15) is 5.82 Å². The second kappa shape index (κ2) is 9.44. The van der Waals surface area contributed by atoms with Crippen molar-refractivity contribution in [1.29, 1.82) is 0 Å². The van der Waals surface area contributed by atoms with Crippen molar-refractivity contribution in [3.05, 3.63) is 48.3 Å². The number of aryl methyl sites for hydroxylation is 1. The molecule has 10 heteroatoms. The van der Waals surface area contributed by atoms with Gasteiger partial charge in [-0.3, -0.25) is 4.79 Å². The van der Waals surface area contributed by atoms with Gasteiger partial charge in [-0.25, -0.2) is 8.42 Å². The Hall–Kier alpha value is -2.43. The molecule has 1 fully saturated rings. The van der Waals surface area contributed by atoms with Gasteiger partial charge in [0.25, 0.3) is 0 Å². The first-order valence-corrected chi connectivity index (χ1v) is 13.8. The summed E-state index contributed by atoms with van der Waals surface area (Å²) >= 11 is 1.42. The summed E-state index contributed by atoms with van der Waals surface area (Å²) < 4.78 is 29.9. The Labute approximate surface area is 198 Å². The van der Waals surface area contributed by atoms with Crippen LogP contribution in [0.1, 0.15) is 25.1 Å². The Kier molecular flexibility index (Phi) is 6.40. The van der Waals surface area contributed by atoms with Crippen molar-refractivity contribution in [1.82, 2.24) is 24.0 Å². The van der Waals surface area contributed by atoms with Gasteiger partial charge >= 0.3 is 0 Å². The number of hydrogen-bond acceptors (Lipinski definition) is 6. The van der Waals surface area contributed by atoms with Crippen LogP contribution >= 0.6 is 11.8 Å². The van der Waals surface area contributed by atoms with Crippen molar-refractivity contribution < 1.29 is 13.2 Å². The highest BCUT2D eigenvalue weighted by Gasteiger charge is 2.30. The Bertz CT molecular complexity index is 1270. The minimum atomic E-state index is -3.60. The van der Waals surface area contributed by atoms with Crippen LogP contribution in [-0.4, -0.2) is 70.2 Å². The van der Waals surface area contributed by atoms with E-state index in [0.717, 1.165) is 47.6 Å². The van der Waals surface area contributed by atoms with Crippen LogP contribution in [0.15, 0.2) is 52.5 Å². The number of carbonyl (C=O) groups excluding carboxylic acids is 1. The van der Waals surface area contributed by atoms with E-state index in [-0.39, 0.29) is 11.7 Å². The third kappa shape index (κ3) is 4.64. The number of amides is 1. The molecule has 0 saturated carbocycles. The van der Waals surface area contributed by atoms with Crippen molar-refractivity contribution in [3.8, 4) is 0 Å². The number of fused-ring (bicyclic) bond motifs is 2. The monoisotopic (exact) mass is 485 g/mol. The number of thioether (sulfide) groups is 1. The molecule has 0 unspecified atom stereocenters. The van der Waals surface area contributed by atoms with E-state index < -0.39 is 10.0 Å². The normalized spacial score (nSPS) is 17.6. The number of hydrogen-bond donors (Lipinski definition) is 0. The van der Waals surface area contributed by atoms with Gasteiger partial charge in [0.05, 0.1) is 10.6 Å². The van der Waals surface area contributed by atoms with Gasteiger partial charge in [-0.05, 0) is 35.7 Å². The highest BCUT2D eigenvalue weighted by molar-refractivity contribution is 7.99. The average molecular weight is 486 g/mol. The van der Waals surface area contributed by atoms with E-state index in [2.05, 4.69) is 14.8 Å². The van der Waals surface area contributed by atoms with E-state index in [0.29, 0.717) is 31.1 Å². The number of carbonyl (C=O) groups is 1. The zero-order valence-electron chi connectivity index (χ0n) is 18.4. The third-order valence-corrected chi connectivity index (χ3v) is 9.20. The molecule has 0 bridgehead atoms. The van der Waals surface area contributed by atoms with Gasteiger partial charge in [0.2, 0.25) is 15.9 Å². The van der Waals surface area contributed by atoms with Crippen molar-refractivity contribution in [2.45, 2.75) is 42.3 Å². The SMILES string of the molecule is O=C(CSc1nnc2n1CCCCC2)N1CCN(S(=O)(=O)c2ccc3ccccc3c2)CC1. The van der Waals surface area contributed by atoms with Crippen LogP contribution in [0.25, 0.3) is 10.8 Å². The quantitative estimate of drug-likeness (QED) is 0.517. The lowest BCUT2D eigenvalue weighted by molar-refractivity contribution is -0.129. The topological polar surface area (TPSA) is 88.4 Å². The molecule has 8 nitrogen and oxygen atoms in total. The second-order valence-electron chi connectivity index (χ2n) is 8.44. The first-order valence-electron chi connectivity index (χ1n) is 11.3. The molecular formula is C23H27N5O3S2. The summed E-state index contributed by atoms with van der Waals surface area (Å²) in [6, 6.07) is 12.9. The highest BCUT2D eigenvalue weighted by Crippen LogP contribution is 2.24. The molecule has 0 radical (unpaired) electrons. The molecule has 5 rings (SSSR count). The fourth-order valence-corrected chi connectivity index (χ4v) is 6.78. The molecule has 1 aromatic heterocycles. The van der Waals surface area contributed by atoms with Crippen molar-refractivity contribution >= 4 is 38.5 Å². The molecule has 1 saturated heterocycles. The van der Waals surface area contributed by atoms with E-state index in [1.54, 1.807) is 17.0 Å². The summed E-state index contributed by atoms with van der Waals surface area (Å²) in [5.74, 6) is 1.30. The van der Waals surface area contributed by atoms with E-state index >= 15 is 0 Å². The zero-order valence-corrected chi connectivity index (χ0v) is 20.0. The lowest BCUT2D eigenvalue weighted by Gasteiger charge is -2.34. The molecule has 0 N–H and O–H groups in total. The van der Waals surface area contributed by atoms with E-state index in [1.807, 2.05) is 30.3 Å². The van der Waals surface area contributed by atoms with Crippen LogP contribution in [0, 0.1) is 0 Å². The van der Waals surface area contributed by atoms with Gasteiger partial charge < -0.3 is 9.47 Å². The van der Waals surface area contributed by atoms with E-state index in [9.17, 15) is 13.2 Å². The van der Waals surface area contributed by atoms with Gasteiger partial charge in [-0.2, -0.15) is 4.31 Å². The molecule has 3 heterocycles. The molecule has 174 valence electrons. The van der Waals surface area contributed by atoms with Gasteiger partial charge in [-0.15, -0.1) is 10.2 Å². The summed E-state index contributed by atoms with van der Waals surface area (Å²) in [6.45, 7) is 2.29. The van der Waals surface area contributed by atoms with E-state index in [4.69, 9.17) is 0 Å². The molecule has 2 aliphatic rings. The summed E-state index contributed by atoms with van der Waals surface area (Å²) in [4.78, 5) is 14.8. The third-order valence-electron chi connectivity index (χ3n) is 6.35. The largest absolute Gasteiger partial charge is 0.339 e. The van der Waals surface area contributed by atoms with Crippen LogP contribution < -0.4 is 0 Å². The summed E-state index contributed by atoms with van der Waals surface area (Å²) in [7, 11) is -3.60. The molecule has 0 aliphatic carbocycles. The van der Waals surface area contributed by atoms with Gasteiger partial charge in [0.15, 0.2) is 5.16 Å². The molecule has 2 aromatic carbocycles. The summed E-state index contributed by atoms with van der Waals surface area (Å²) in [6.07, 6.45) is 4.38. The van der Waals surface area contributed by atoms with Crippen LogP contribution in [0.5, 0.6) is 0 Å². The van der Waals surface area contributed by atoms with Gasteiger partial charge in [0, 0.05) is 39.1 Å². The Morgan fingerprint density at radius 2 is 1.70 bits per heavy atom. The van der Waals surface area contributed by atoms with Crippen molar-refractivity contribution in [3.63, 3.8) is 0 Å². The Balaban J connectivity index is 1.19. The lowest BCUT2D eigenvalue weighted by atomic mass is 10.1. The fourth-order valence-electron chi connectivity index (χ4n) is 4.44. The number of piperazine rings is 1. The first kappa shape index (κ1) is 22.4. The molecule has 2 aliphatic heterocycles. The molecule has 0 spiro atoms. The first-order chi connectivity index (χ1) is 16.0. The Morgan fingerprint density at radius 3 is 2.52 bits per heavy atom. The molecule has 3 aromatic rings. The number of sulfonamides is 1. The van der Waals surface area contributed by atoms with E-state index in [1.165, 1.54) is 22.5 Å². The predicted octanol–water partition coefficient (Wildman–Crippen LogP) is 2.78. The van der Waals surface area contributed by atoms with Crippen molar-refractivity contribution in [2.75, 3.05) is 31.9 Å². The Morgan fingerprint density at radius 1 is 0.909 bits per heavy atom. The number of aromatic nitrogens is 3. The molecule has 1 amide bonds. The number of benzene rings is 2. The maximum atomic E-state index is 13.2. The number of nitrogens with zero attached hydrogens (tertiary/aromatic N) is 5. The van der Waals surface area contributed by atoms with Crippen LogP contribution in [-0.2, 0) is 27.8 Å². The fraction of sp³-hybridized carbons (Fsp3) is 0.435. The average Bonchev–Trinajstić information content (AvgIpc) is 3.07. The standard InChI is InChI=1S/C23H27N5O3S2/c29-22(17-32-23-25-24-21-8-2-1-5-11-28(21)23)26-12-14-27(15-13-26)33(30,31)20-10-9-18-6-3-4-7-19(18)16-20/h3-4,6-7,9-10,16H,1-2,5,8,11-15,17H2. The predicted molar refractivity (Wildman–Crippen MR) is 128 cm³/mol. The van der Waals surface area contributed by atoms with Crippen LogP contribution in [0.3, 0.4) is 0 Å². The summed E-state index contributed by atoms with van der Waals surface area (Å²) in [5, 5.41) is 11.3. The maximum Gasteiger partial charge on any atom is 0.243 e. The van der Waals surface area contributed by atoms with Crippen LogP contribution in [0.4, 0.5) is 0 Å².